The first kappa shape index (κ1) is 20.1. The van der Waals surface area contributed by atoms with Crippen LogP contribution in [0, 0.1) is 5.92 Å². The molecule has 1 aromatic carbocycles. The number of likely N-dealkylation sites (tertiary alicyclic amines) is 1. The van der Waals surface area contributed by atoms with E-state index in [0.717, 1.165) is 18.4 Å². The molecule has 26 heavy (non-hydrogen) atoms. The van der Waals surface area contributed by atoms with E-state index in [2.05, 4.69) is 5.32 Å². The summed E-state index contributed by atoms with van der Waals surface area (Å²) < 4.78 is 10.5. The highest BCUT2D eigenvalue weighted by Crippen LogP contribution is 2.28. The Labute approximate surface area is 155 Å². The van der Waals surface area contributed by atoms with E-state index in [-0.39, 0.29) is 23.8 Å². The number of piperidine rings is 1. The molecule has 0 spiro atoms. The zero-order valence-corrected chi connectivity index (χ0v) is 16.2. The van der Waals surface area contributed by atoms with E-state index in [1.54, 1.807) is 14.2 Å². The smallest absolute Gasteiger partial charge is 0.222 e. The molecule has 0 atom stereocenters. The number of ether oxygens (including phenoxy) is 2. The van der Waals surface area contributed by atoms with E-state index in [0.29, 0.717) is 37.4 Å². The SMILES string of the molecule is COc1ccc(CCC(=O)N2CCC(NC(=O)C(C)C)CC2)cc1OC. The Kier molecular flexibility index (Phi) is 7.30. The van der Waals surface area contributed by atoms with Gasteiger partial charge in [-0.15, -0.1) is 0 Å². The molecule has 0 unspecified atom stereocenters. The molecular weight excluding hydrogens is 332 g/mol. The summed E-state index contributed by atoms with van der Waals surface area (Å²) >= 11 is 0. The van der Waals surface area contributed by atoms with E-state index in [1.807, 2.05) is 36.9 Å². The van der Waals surface area contributed by atoms with E-state index in [4.69, 9.17) is 9.47 Å². The largest absolute Gasteiger partial charge is 0.493 e. The Bertz CT molecular complexity index is 622. The molecule has 0 saturated carbocycles. The molecule has 0 bridgehead atoms. The summed E-state index contributed by atoms with van der Waals surface area (Å²) in [6.45, 7) is 5.19. The van der Waals surface area contributed by atoms with Gasteiger partial charge in [0.05, 0.1) is 14.2 Å². The maximum absolute atomic E-state index is 12.5. The third-order valence-corrected chi connectivity index (χ3v) is 4.79. The maximum Gasteiger partial charge on any atom is 0.222 e. The van der Waals surface area contributed by atoms with Crippen molar-refractivity contribution < 1.29 is 19.1 Å². The number of hydrogen-bond acceptors (Lipinski definition) is 4. The molecule has 1 heterocycles. The second-order valence-electron chi connectivity index (χ2n) is 7.01. The van der Waals surface area contributed by atoms with Gasteiger partial charge in [-0.2, -0.15) is 0 Å². The van der Waals surface area contributed by atoms with Crippen molar-refractivity contribution in [1.29, 1.82) is 0 Å². The first-order valence-corrected chi connectivity index (χ1v) is 9.23. The summed E-state index contributed by atoms with van der Waals surface area (Å²) in [6.07, 6.45) is 2.78. The minimum atomic E-state index is -0.00357. The molecule has 2 rings (SSSR count). The summed E-state index contributed by atoms with van der Waals surface area (Å²) in [6, 6.07) is 5.92. The molecule has 1 aliphatic heterocycles. The molecule has 1 saturated heterocycles. The zero-order chi connectivity index (χ0) is 19.1. The zero-order valence-electron chi connectivity index (χ0n) is 16.2. The quantitative estimate of drug-likeness (QED) is 0.809. The van der Waals surface area contributed by atoms with Crippen LogP contribution in [0.1, 0.15) is 38.7 Å². The van der Waals surface area contributed by atoms with E-state index in [9.17, 15) is 9.59 Å². The van der Waals surface area contributed by atoms with Crippen LogP contribution in [0.5, 0.6) is 11.5 Å². The average molecular weight is 362 g/mol. The fourth-order valence-electron chi connectivity index (χ4n) is 3.09. The summed E-state index contributed by atoms with van der Waals surface area (Å²) in [5, 5.41) is 3.06. The summed E-state index contributed by atoms with van der Waals surface area (Å²) in [7, 11) is 3.21. The van der Waals surface area contributed by atoms with Crippen LogP contribution >= 0.6 is 0 Å². The first-order chi connectivity index (χ1) is 12.4. The van der Waals surface area contributed by atoms with Crippen molar-refractivity contribution in [2.75, 3.05) is 27.3 Å². The molecule has 1 N–H and O–H groups in total. The van der Waals surface area contributed by atoms with Crippen LogP contribution in [-0.4, -0.2) is 50.1 Å². The number of amides is 2. The van der Waals surface area contributed by atoms with Gasteiger partial charge in [0, 0.05) is 31.5 Å². The molecule has 1 fully saturated rings. The van der Waals surface area contributed by atoms with Crippen LogP contribution in [0.3, 0.4) is 0 Å². The number of carbonyl (C=O) groups excluding carboxylic acids is 2. The Hall–Kier alpha value is -2.24. The lowest BCUT2D eigenvalue weighted by Crippen LogP contribution is -2.47. The molecule has 0 radical (unpaired) electrons. The molecule has 6 heteroatoms. The number of carbonyl (C=O) groups is 2. The van der Waals surface area contributed by atoms with Gasteiger partial charge in [-0.25, -0.2) is 0 Å². The number of benzene rings is 1. The Balaban J connectivity index is 1.80. The standard InChI is InChI=1S/C20H30N2O4/c1-14(2)20(24)21-16-9-11-22(12-10-16)19(23)8-6-15-5-7-17(25-3)18(13-15)26-4/h5,7,13-14,16H,6,8-12H2,1-4H3,(H,21,24). The second kappa shape index (κ2) is 9.46. The van der Waals surface area contributed by atoms with E-state index in [1.165, 1.54) is 0 Å². The number of rotatable bonds is 7. The molecule has 1 aliphatic rings. The Morgan fingerprint density at radius 3 is 2.38 bits per heavy atom. The van der Waals surface area contributed by atoms with Gasteiger partial charge in [-0.1, -0.05) is 19.9 Å². The van der Waals surface area contributed by atoms with Crippen molar-refractivity contribution in [2.24, 2.45) is 5.92 Å². The third-order valence-electron chi connectivity index (χ3n) is 4.79. The van der Waals surface area contributed by atoms with Gasteiger partial charge in [0.1, 0.15) is 0 Å². The number of nitrogens with one attached hydrogen (secondary N) is 1. The maximum atomic E-state index is 12.5. The topological polar surface area (TPSA) is 67.9 Å². The predicted molar refractivity (Wildman–Crippen MR) is 100 cm³/mol. The Morgan fingerprint density at radius 1 is 1.15 bits per heavy atom. The molecular formula is C20H30N2O4. The van der Waals surface area contributed by atoms with Crippen LogP contribution in [0.4, 0.5) is 0 Å². The summed E-state index contributed by atoms with van der Waals surface area (Å²) in [4.78, 5) is 26.1. The third kappa shape index (κ3) is 5.38. The number of methoxy groups -OCH3 is 2. The van der Waals surface area contributed by atoms with Gasteiger partial charge in [-0.05, 0) is 37.0 Å². The van der Waals surface area contributed by atoms with E-state index >= 15 is 0 Å². The van der Waals surface area contributed by atoms with Crippen molar-refractivity contribution in [2.45, 2.75) is 45.6 Å². The van der Waals surface area contributed by atoms with Gasteiger partial charge < -0.3 is 19.7 Å². The van der Waals surface area contributed by atoms with Crippen molar-refractivity contribution in [1.82, 2.24) is 10.2 Å². The minimum absolute atomic E-state index is 0.00357. The van der Waals surface area contributed by atoms with Crippen molar-refractivity contribution >= 4 is 11.8 Å². The normalized spacial score (nSPS) is 15.0. The average Bonchev–Trinajstić information content (AvgIpc) is 2.66. The summed E-state index contributed by atoms with van der Waals surface area (Å²) in [5.41, 5.74) is 1.05. The van der Waals surface area contributed by atoms with Crippen LogP contribution in [0.25, 0.3) is 0 Å². The highest BCUT2D eigenvalue weighted by atomic mass is 16.5. The summed E-state index contributed by atoms with van der Waals surface area (Å²) in [5.74, 6) is 1.61. The van der Waals surface area contributed by atoms with Gasteiger partial charge in [0.2, 0.25) is 11.8 Å². The number of aryl methyl sites for hydroxylation is 1. The fraction of sp³-hybridized carbons (Fsp3) is 0.600. The van der Waals surface area contributed by atoms with Crippen LogP contribution in [0.15, 0.2) is 18.2 Å². The highest BCUT2D eigenvalue weighted by Gasteiger charge is 2.24. The van der Waals surface area contributed by atoms with Gasteiger partial charge >= 0.3 is 0 Å². The Morgan fingerprint density at radius 2 is 1.81 bits per heavy atom. The van der Waals surface area contributed by atoms with Crippen LogP contribution < -0.4 is 14.8 Å². The second-order valence-corrected chi connectivity index (χ2v) is 7.01. The monoisotopic (exact) mass is 362 g/mol. The molecule has 0 aromatic heterocycles. The van der Waals surface area contributed by atoms with Crippen molar-refractivity contribution in [3.8, 4) is 11.5 Å². The fourth-order valence-corrected chi connectivity index (χ4v) is 3.09. The van der Waals surface area contributed by atoms with Crippen molar-refractivity contribution in [3.05, 3.63) is 23.8 Å². The minimum Gasteiger partial charge on any atom is -0.493 e. The van der Waals surface area contributed by atoms with Crippen LogP contribution in [-0.2, 0) is 16.0 Å². The lowest BCUT2D eigenvalue weighted by molar-refractivity contribution is -0.132. The number of nitrogens with zero attached hydrogens (tertiary/aromatic N) is 1. The van der Waals surface area contributed by atoms with Crippen molar-refractivity contribution in [3.63, 3.8) is 0 Å². The predicted octanol–water partition coefficient (Wildman–Crippen LogP) is 2.40. The molecule has 6 nitrogen and oxygen atoms in total. The lowest BCUT2D eigenvalue weighted by atomic mass is 10.0. The van der Waals surface area contributed by atoms with E-state index < -0.39 is 0 Å². The van der Waals surface area contributed by atoms with Gasteiger partial charge in [-0.3, -0.25) is 9.59 Å². The molecule has 1 aromatic rings. The van der Waals surface area contributed by atoms with Gasteiger partial charge in [0.15, 0.2) is 11.5 Å². The number of hydrogen-bond donors (Lipinski definition) is 1. The first-order valence-electron chi connectivity index (χ1n) is 9.23. The highest BCUT2D eigenvalue weighted by molar-refractivity contribution is 5.78. The lowest BCUT2D eigenvalue weighted by Gasteiger charge is -2.32. The molecule has 144 valence electrons. The van der Waals surface area contributed by atoms with Crippen LogP contribution in [0.2, 0.25) is 0 Å². The molecule has 2 amide bonds. The van der Waals surface area contributed by atoms with Gasteiger partial charge in [0.25, 0.3) is 0 Å². The molecule has 0 aliphatic carbocycles.